The average molecular weight is 253 g/mol. The van der Waals surface area contributed by atoms with E-state index in [0.29, 0.717) is 5.41 Å². The van der Waals surface area contributed by atoms with E-state index in [0.717, 1.165) is 18.8 Å². The van der Waals surface area contributed by atoms with Crippen LogP contribution in [0.4, 0.5) is 0 Å². The molecule has 108 valence electrons. The van der Waals surface area contributed by atoms with E-state index in [1.807, 2.05) is 0 Å². The molecule has 0 saturated heterocycles. The Morgan fingerprint density at radius 3 is 1.72 bits per heavy atom. The SMILES string of the molecule is CCC(N)(CC)CC(CC)(CC)C1CCCCC1. The molecule has 0 aromatic rings. The third-order valence-corrected chi connectivity index (χ3v) is 5.99. The van der Waals surface area contributed by atoms with Gasteiger partial charge in [-0.05, 0) is 43.4 Å². The first-order valence-corrected chi connectivity index (χ1v) is 8.34. The van der Waals surface area contributed by atoms with Crippen LogP contribution in [0.15, 0.2) is 0 Å². The minimum atomic E-state index is 0.0729. The normalized spacial score (nSPS) is 19.2. The van der Waals surface area contributed by atoms with Crippen molar-refractivity contribution in [3.63, 3.8) is 0 Å². The summed E-state index contributed by atoms with van der Waals surface area (Å²) in [7, 11) is 0. The highest BCUT2D eigenvalue weighted by atomic mass is 14.7. The lowest BCUT2D eigenvalue weighted by atomic mass is 9.60. The third-order valence-electron chi connectivity index (χ3n) is 5.99. The third kappa shape index (κ3) is 3.50. The summed E-state index contributed by atoms with van der Waals surface area (Å²) in [5.74, 6) is 0.933. The minimum Gasteiger partial charge on any atom is -0.325 e. The van der Waals surface area contributed by atoms with E-state index in [1.165, 1.54) is 51.4 Å². The first kappa shape index (κ1) is 16.0. The Bertz CT molecular complexity index is 220. The van der Waals surface area contributed by atoms with Crippen molar-refractivity contribution in [2.45, 2.75) is 97.4 Å². The molecule has 0 aliphatic heterocycles. The Morgan fingerprint density at radius 1 is 0.833 bits per heavy atom. The predicted octanol–water partition coefficient (Wildman–Crippen LogP) is 5.28. The van der Waals surface area contributed by atoms with Gasteiger partial charge in [-0.15, -0.1) is 0 Å². The van der Waals surface area contributed by atoms with E-state index >= 15 is 0 Å². The van der Waals surface area contributed by atoms with Crippen molar-refractivity contribution in [3.8, 4) is 0 Å². The lowest BCUT2D eigenvalue weighted by molar-refractivity contribution is 0.0600. The standard InChI is InChI=1S/C17H35N/c1-5-16(6-2,14-17(18,7-3)8-4)15-12-10-9-11-13-15/h15H,5-14,18H2,1-4H3. The molecule has 0 atom stereocenters. The highest BCUT2D eigenvalue weighted by Crippen LogP contribution is 2.48. The van der Waals surface area contributed by atoms with Crippen LogP contribution in [-0.4, -0.2) is 5.54 Å². The summed E-state index contributed by atoms with van der Waals surface area (Å²) in [6, 6.07) is 0. The molecule has 0 aromatic heterocycles. The summed E-state index contributed by atoms with van der Waals surface area (Å²) in [4.78, 5) is 0. The highest BCUT2D eigenvalue weighted by molar-refractivity contribution is 4.95. The van der Waals surface area contributed by atoms with Crippen molar-refractivity contribution in [2.75, 3.05) is 0 Å². The Balaban J connectivity index is 2.84. The lowest BCUT2D eigenvalue weighted by Gasteiger charge is -2.47. The molecule has 0 aromatic carbocycles. The van der Waals surface area contributed by atoms with Crippen LogP contribution in [0.5, 0.6) is 0 Å². The Hall–Kier alpha value is -0.0400. The van der Waals surface area contributed by atoms with Gasteiger partial charge < -0.3 is 5.73 Å². The minimum absolute atomic E-state index is 0.0729. The number of hydrogen-bond donors (Lipinski definition) is 1. The fourth-order valence-corrected chi connectivity index (χ4v) is 4.14. The first-order chi connectivity index (χ1) is 8.55. The molecule has 0 radical (unpaired) electrons. The molecule has 1 aliphatic carbocycles. The van der Waals surface area contributed by atoms with Gasteiger partial charge in [0.05, 0.1) is 0 Å². The van der Waals surface area contributed by atoms with E-state index < -0.39 is 0 Å². The van der Waals surface area contributed by atoms with Gasteiger partial charge in [0.15, 0.2) is 0 Å². The number of nitrogens with two attached hydrogens (primary N) is 1. The van der Waals surface area contributed by atoms with Crippen LogP contribution in [0.1, 0.15) is 91.9 Å². The van der Waals surface area contributed by atoms with Gasteiger partial charge in [-0.1, -0.05) is 59.8 Å². The van der Waals surface area contributed by atoms with E-state index in [4.69, 9.17) is 5.73 Å². The maximum atomic E-state index is 6.64. The molecule has 1 aliphatic rings. The van der Waals surface area contributed by atoms with Gasteiger partial charge in [0.2, 0.25) is 0 Å². The summed E-state index contributed by atoms with van der Waals surface area (Å²) < 4.78 is 0. The maximum absolute atomic E-state index is 6.64. The summed E-state index contributed by atoms with van der Waals surface area (Å²) in [5.41, 5.74) is 7.23. The maximum Gasteiger partial charge on any atom is 0.0154 e. The van der Waals surface area contributed by atoms with Gasteiger partial charge in [-0.25, -0.2) is 0 Å². The largest absolute Gasteiger partial charge is 0.325 e. The van der Waals surface area contributed by atoms with Gasteiger partial charge in [0.25, 0.3) is 0 Å². The molecule has 0 bridgehead atoms. The summed E-state index contributed by atoms with van der Waals surface area (Å²) in [6.07, 6.45) is 13.4. The predicted molar refractivity (Wildman–Crippen MR) is 81.7 cm³/mol. The molecular weight excluding hydrogens is 218 g/mol. The highest BCUT2D eigenvalue weighted by Gasteiger charge is 2.40. The Labute approximate surface area is 115 Å². The second-order valence-electron chi connectivity index (χ2n) is 6.65. The van der Waals surface area contributed by atoms with Crippen LogP contribution < -0.4 is 5.73 Å². The van der Waals surface area contributed by atoms with Crippen molar-refractivity contribution in [3.05, 3.63) is 0 Å². The van der Waals surface area contributed by atoms with E-state index in [-0.39, 0.29) is 5.54 Å². The van der Waals surface area contributed by atoms with Crippen LogP contribution in [-0.2, 0) is 0 Å². The number of rotatable bonds is 7. The fourth-order valence-electron chi connectivity index (χ4n) is 4.14. The van der Waals surface area contributed by atoms with Gasteiger partial charge in [-0.3, -0.25) is 0 Å². The molecule has 0 amide bonds. The zero-order valence-corrected chi connectivity index (χ0v) is 13.2. The molecule has 2 N–H and O–H groups in total. The number of hydrogen-bond acceptors (Lipinski definition) is 1. The van der Waals surface area contributed by atoms with Crippen LogP contribution in [0.2, 0.25) is 0 Å². The lowest BCUT2D eigenvalue weighted by Crippen LogP contribution is -2.46. The second-order valence-corrected chi connectivity index (χ2v) is 6.65. The molecule has 1 rings (SSSR count). The summed E-state index contributed by atoms with van der Waals surface area (Å²) in [6.45, 7) is 9.31. The van der Waals surface area contributed by atoms with E-state index in [9.17, 15) is 0 Å². The molecule has 1 heteroatoms. The van der Waals surface area contributed by atoms with Gasteiger partial charge in [0, 0.05) is 5.54 Å². The molecule has 0 heterocycles. The van der Waals surface area contributed by atoms with Gasteiger partial charge >= 0.3 is 0 Å². The molecule has 0 unspecified atom stereocenters. The zero-order chi connectivity index (χ0) is 13.6. The topological polar surface area (TPSA) is 26.0 Å². The van der Waals surface area contributed by atoms with E-state index in [2.05, 4.69) is 27.7 Å². The Kier molecular flexibility index (Phi) is 6.17. The Morgan fingerprint density at radius 2 is 1.33 bits per heavy atom. The average Bonchev–Trinajstić information content (AvgIpc) is 2.45. The van der Waals surface area contributed by atoms with Crippen LogP contribution in [0.3, 0.4) is 0 Å². The fraction of sp³-hybridized carbons (Fsp3) is 1.00. The van der Waals surface area contributed by atoms with Gasteiger partial charge in [0.1, 0.15) is 0 Å². The van der Waals surface area contributed by atoms with Crippen LogP contribution in [0.25, 0.3) is 0 Å². The van der Waals surface area contributed by atoms with Crippen molar-refractivity contribution in [1.29, 1.82) is 0 Å². The second kappa shape index (κ2) is 6.93. The smallest absolute Gasteiger partial charge is 0.0154 e. The van der Waals surface area contributed by atoms with Crippen molar-refractivity contribution in [1.82, 2.24) is 0 Å². The molecule has 1 fully saturated rings. The molecule has 0 spiro atoms. The molecule has 18 heavy (non-hydrogen) atoms. The van der Waals surface area contributed by atoms with Crippen LogP contribution in [0, 0.1) is 11.3 Å². The van der Waals surface area contributed by atoms with Crippen molar-refractivity contribution in [2.24, 2.45) is 17.1 Å². The quantitative estimate of drug-likeness (QED) is 0.656. The van der Waals surface area contributed by atoms with Crippen molar-refractivity contribution < 1.29 is 0 Å². The molecular formula is C17H35N. The monoisotopic (exact) mass is 253 g/mol. The van der Waals surface area contributed by atoms with Crippen molar-refractivity contribution >= 4 is 0 Å². The summed E-state index contributed by atoms with van der Waals surface area (Å²) in [5, 5.41) is 0. The first-order valence-electron chi connectivity index (χ1n) is 8.34. The van der Waals surface area contributed by atoms with Crippen LogP contribution >= 0.6 is 0 Å². The zero-order valence-electron chi connectivity index (χ0n) is 13.2. The molecule has 1 saturated carbocycles. The van der Waals surface area contributed by atoms with Gasteiger partial charge in [-0.2, -0.15) is 0 Å². The molecule has 1 nitrogen and oxygen atoms in total. The summed E-state index contributed by atoms with van der Waals surface area (Å²) >= 11 is 0. The van der Waals surface area contributed by atoms with E-state index in [1.54, 1.807) is 0 Å².